The van der Waals surface area contributed by atoms with Crippen LogP contribution in [0.25, 0.3) is 11.4 Å². The zero-order valence-corrected chi connectivity index (χ0v) is 13.9. The molecule has 0 radical (unpaired) electrons. The molecular weight excluding hydrogens is 268 g/mol. The van der Waals surface area contributed by atoms with Crippen LogP contribution in [0, 0.1) is 17.8 Å². The molecule has 0 spiro atoms. The summed E-state index contributed by atoms with van der Waals surface area (Å²) in [5.74, 6) is 3.66. The highest BCUT2D eigenvalue weighted by Crippen LogP contribution is 2.36. The first-order chi connectivity index (χ1) is 10.8. The van der Waals surface area contributed by atoms with Crippen LogP contribution in [0.4, 0.5) is 0 Å². The Morgan fingerprint density at radius 3 is 3.00 bits per heavy atom. The molecular formula is C20H28N2. The van der Waals surface area contributed by atoms with E-state index >= 15 is 0 Å². The molecule has 2 nitrogen and oxygen atoms in total. The molecule has 0 aliphatic heterocycles. The molecule has 22 heavy (non-hydrogen) atoms. The Kier molecular flexibility index (Phi) is 4.97. The van der Waals surface area contributed by atoms with Crippen LogP contribution in [0.1, 0.15) is 51.5 Å². The summed E-state index contributed by atoms with van der Waals surface area (Å²) in [6.07, 6.45) is 11.9. The highest BCUT2D eigenvalue weighted by Gasteiger charge is 2.25. The lowest BCUT2D eigenvalue weighted by molar-refractivity contribution is 0.200. The van der Waals surface area contributed by atoms with Crippen LogP contribution < -0.4 is 0 Å². The molecule has 2 aromatic rings. The molecule has 1 aromatic carbocycles. The van der Waals surface area contributed by atoms with Gasteiger partial charge in [-0.3, -0.25) is 0 Å². The van der Waals surface area contributed by atoms with Gasteiger partial charge in [-0.05, 0) is 42.2 Å². The molecule has 3 rings (SSSR count). The van der Waals surface area contributed by atoms with Crippen LogP contribution in [-0.4, -0.2) is 9.97 Å². The summed E-state index contributed by atoms with van der Waals surface area (Å²) in [7, 11) is 0. The lowest BCUT2D eigenvalue weighted by Crippen LogP contribution is -2.22. The van der Waals surface area contributed by atoms with E-state index in [1.165, 1.54) is 49.7 Å². The third kappa shape index (κ3) is 3.60. The maximum Gasteiger partial charge on any atom is 0.137 e. The second kappa shape index (κ2) is 7.13. The average Bonchev–Trinajstić information content (AvgIpc) is 3.09. The lowest BCUT2D eigenvalue weighted by Gasteiger charge is -2.32. The summed E-state index contributed by atoms with van der Waals surface area (Å²) in [5.41, 5.74) is 2.67. The van der Waals surface area contributed by atoms with E-state index in [4.69, 9.17) is 0 Å². The van der Waals surface area contributed by atoms with Crippen LogP contribution >= 0.6 is 0 Å². The van der Waals surface area contributed by atoms with Crippen LogP contribution in [-0.2, 0) is 6.42 Å². The minimum absolute atomic E-state index is 0.861. The fraction of sp³-hybridized carbons (Fsp3) is 0.550. The predicted octanol–water partition coefficient (Wildman–Crippen LogP) is 5.47. The Labute approximate surface area is 134 Å². The van der Waals surface area contributed by atoms with Gasteiger partial charge in [-0.1, -0.05) is 57.7 Å². The number of aromatic nitrogens is 2. The first-order valence-corrected chi connectivity index (χ1v) is 8.85. The summed E-state index contributed by atoms with van der Waals surface area (Å²) >= 11 is 0. The van der Waals surface area contributed by atoms with E-state index in [0.29, 0.717) is 0 Å². The van der Waals surface area contributed by atoms with E-state index in [1.807, 2.05) is 12.4 Å². The van der Waals surface area contributed by atoms with Crippen molar-refractivity contribution in [3.8, 4) is 11.4 Å². The van der Waals surface area contributed by atoms with E-state index in [-0.39, 0.29) is 0 Å². The SMILES string of the molecule is CCC(C)C1CCCC(Cc2cccc(-c3ncc[nH]3)c2)C1. The van der Waals surface area contributed by atoms with Crippen molar-refractivity contribution in [3.63, 3.8) is 0 Å². The molecule has 3 unspecified atom stereocenters. The van der Waals surface area contributed by atoms with Crippen molar-refractivity contribution in [2.75, 3.05) is 0 Å². The number of nitrogens with zero attached hydrogens (tertiary/aromatic N) is 1. The predicted molar refractivity (Wildman–Crippen MR) is 92.6 cm³/mol. The second-order valence-corrected chi connectivity index (χ2v) is 7.02. The number of aromatic amines is 1. The number of H-pyrrole nitrogens is 1. The summed E-state index contributed by atoms with van der Waals surface area (Å²) in [6.45, 7) is 4.77. The minimum Gasteiger partial charge on any atom is -0.345 e. The molecule has 1 heterocycles. The van der Waals surface area contributed by atoms with Crippen molar-refractivity contribution < 1.29 is 0 Å². The van der Waals surface area contributed by atoms with Crippen LogP contribution in [0.15, 0.2) is 36.7 Å². The van der Waals surface area contributed by atoms with E-state index in [9.17, 15) is 0 Å². The first-order valence-electron chi connectivity index (χ1n) is 8.85. The molecule has 0 saturated heterocycles. The normalized spacial score (nSPS) is 23.4. The highest BCUT2D eigenvalue weighted by atomic mass is 14.9. The smallest absolute Gasteiger partial charge is 0.137 e. The van der Waals surface area contributed by atoms with Crippen LogP contribution in [0.2, 0.25) is 0 Å². The van der Waals surface area contributed by atoms with Gasteiger partial charge in [0.1, 0.15) is 5.82 Å². The fourth-order valence-electron chi connectivity index (χ4n) is 3.97. The zero-order chi connectivity index (χ0) is 15.4. The van der Waals surface area contributed by atoms with E-state index in [1.54, 1.807) is 0 Å². The van der Waals surface area contributed by atoms with Crippen molar-refractivity contribution in [2.45, 2.75) is 52.4 Å². The van der Waals surface area contributed by atoms with Gasteiger partial charge >= 0.3 is 0 Å². The molecule has 1 fully saturated rings. The maximum absolute atomic E-state index is 4.37. The Balaban J connectivity index is 1.67. The quantitative estimate of drug-likeness (QED) is 0.778. The molecule has 1 saturated carbocycles. The summed E-state index contributed by atoms with van der Waals surface area (Å²) in [6, 6.07) is 8.90. The highest BCUT2D eigenvalue weighted by molar-refractivity contribution is 5.55. The maximum atomic E-state index is 4.37. The Morgan fingerprint density at radius 2 is 2.23 bits per heavy atom. The number of hydrogen-bond donors (Lipinski definition) is 1. The van der Waals surface area contributed by atoms with Gasteiger partial charge in [-0.15, -0.1) is 0 Å². The summed E-state index contributed by atoms with van der Waals surface area (Å²) < 4.78 is 0. The van der Waals surface area contributed by atoms with Gasteiger partial charge in [0.25, 0.3) is 0 Å². The molecule has 0 amide bonds. The molecule has 1 aliphatic carbocycles. The molecule has 3 atom stereocenters. The standard InChI is InChI=1S/C20H28N2/c1-3-15(2)18-8-4-6-16(13-18)12-17-7-5-9-19(14-17)20-21-10-11-22-20/h5,7,9-11,14-16,18H,3-4,6,8,12-13H2,1-2H3,(H,21,22). The molecule has 0 bridgehead atoms. The first kappa shape index (κ1) is 15.3. The monoisotopic (exact) mass is 296 g/mol. The third-order valence-corrected chi connectivity index (χ3v) is 5.50. The number of hydrogen-bond acceptors (Lipinski definition) is 1. The van der Waals surface area contributed by atoms with Gasteiger partial charge in [0.05, 0.1) is 0 Å². The number of rotatable bonds is 5. The zero-order valence-electron chi connectivity index (χ0n) is 13.9. The van der Waals surface area contributed by atoms with Crippen molar-refractivity contribution in [2.24, 2.45) is 17.8 Å². The van der Waals surface area contributed by atoms with Crippen LogP contribution in [0.5, 0.6) is 0 Å². The Morgan fingerprint density at radius 1 is 1.32 bits per heavy atom. The van der Waals surface area contributed by atoms with Gasteiger partial charge in [-0.2, -0.15) is 0 Å². The van der Waals surface area contributed by atoms with E-state index in [0.717, 1.165) is 23.6 Å². The average molecular weight is 296 g/mol. The Bertz CT molecular complexity index is 573. The van der Waals surface area contributed by atoms with Gasteiger partial charge in [0, 0.05) is 18.0 Å². The number of nitrogens with one attached hydrogen (secondary N) is 1. The van der Waals surface area contributed by atoms with E-state index in [2.05, 4.69) is 48.1 Å². The topological polar surface area (TPSA) is 28.7 Å². The second-order valence-electron chi connectivity index (χ2n) is 7.02. The number of imidazole rings is 1. The van der Waals surface area contributed by atoms with Gasteiger partial charge in [-0.25, -0.2) is 4.98 Å². The lowest BCUT2D eigenvalue weighted by atomic mass is 9.73. The van der Waals surface area contributed by atoms with Gasteiger partial charge < -0.3 is 4.98 Å². The molecule has 118 valence electrons. The van der Waals surface area contributed by atoms with Crippen molar-refractivity contribution in [1.29, 1.82) is 0 Å². The third-order valence-electron chi connectivity index (χ3n) is 5.50. The van der Waals surface area contributed by atoms with Crippen molar-refractivity contribution in [1.82, 2.24) is 9.97 Å². The number of benzene rings is 1. The van der Waals surface area contributed by atoms with E-state index < -0.39 is 0 Å². The summed E-state index contributed by atoms with van der Waals surface area (Å²) in [5, 5.41) is 0. The molecule has 1 N–H and O–H groups in total. The molecule has 2 heteroatoms. The summed E-state index contributed by atoms with van der Waals surface area (Å²) in [4.78, 5) is 7.57. The minimum atomic E-state index is 0.861. The van der Waals surface area contributed by atoms with Gasteiger partial charge in [0.2, 0.25) is 0 Å². The largest absolute Gasteiger partial charge is 0.345 e. The molecule has 1 aliphatic rings. The van der Waals surface area contributed by atoms with Crippen molar-refractivity contribution in [3.05, 3.63) is 42.2 Å². The molecule has 1 aromatic heterocycles. The van der Waals surface area contributed by atoms with Crippen LogP contribution in [0.3, 0.4) is 0 Å². The Hall–Kier alpha value is -1.57. The fourth-order valence-corrected chi connectivity index (χ4v) is 3.97. The van der Waals surface area contributed by atoms with Gasteiger partial charge in [0.15, 0.2) is 0 Å². The van der Waals surface area contributed by atoms with Crippen molar-refractivity contribution >= 4 is 0 Å².